The maximum Gasteiger partial charge on any atom is 0.338 e. The first kappa shape index (κ1) is 27.4. The number of benzene rings is 2. The molecule has 1 saturated carbocycles. The van der Waals surface area contributed by atoms with Crippen LogP contribution in [-0.4, -0.2) is 80.7 Å². The third-order valence-corrected chi connectivity index (χ3v) is 9.22. The highest BCUT2D eigenvalue weighted by Gasteiger charge is 2.53. The minimum atomic E-state index is -1.20. The smallest absolute Gasteiger partial charge is 0.338 e. The van der Waals surface area contributed by atoms with E-state index < -0.39 is 30.1 Å². The summed E-state index contributed by atoms with van der Waals surface area (Å²) in [6.45, 7) is 1.65. The Hall–Kier alpha value is -3.76. The lowest BCUT2D eigenvalue weighted by molar-refractivity contribution is -0.172. The molecular formula is C31H36N2O8. The fourth-order valence-corrected chi connectivity index (χ4v) is 7.32. The molecule has 0 bridgehead atoms. The lowest BCUT2D eigenvalue weighted by Crippen LogP contribution is -2.58. The predicted molar refractivity (Wildman–Crippen MR) is 149 cm³/mol. The van der Waals surface area contributed by atoms with Crippen molar-refractivity contribution in [2.75, 3.05) is 41.5 Å². The monoisotopic (exact) mass is 564 g/mol. The van der Waals surface area contributed by atoms with Crippen molar-refractivity contribution < 1.29 is 38.4 Å². The summed E-state index contributed by atoms with van der Waals surface area (Å²) in [6, 6.07) is 11.5. The first-order valence-electron chi connectivity index (χ1n) is 14.0. The third kappa shape index (κ3) is 4.59. The van der Waals surface area contributed by atoms with Crippen molar-refractivity contribution in [1.29, 1.82) is 0 Å². The number of para-hydroxylation sites is 1. The van der Waals surface area contributed by atoms with Gasteiger partial charge in [0.1, 0.15) is 12.2 Å². The van der Waals surface area contributed by atoms with E-state index in [-0.39, 0.29) is 23.4 Å². The molecule has 0 amide bonds. The van der Waals surface area contributed by atoms with Gasteiger partial charge in [-0.3, -0.25) is 9.69 Å². The highest BCUT2D eigenvalue weighted by atomic mass is 16.6. The highest BCUT2D eigenvalue weighted by molar-refractivity contribution is 5.91. The molecule has 41 heavy (non-hydrogen) atoms. The Labute approximate surface area is 238 Å². The van der Waals surface area contributed by atoms with Gasteiger partial charge in [-0.1, -0.05) is 18.2 Å². The Morgan fingerprint density at radius 1 is 1.00 bits per heavy atom. The van der Waals surface area contributed by atoms with Crippen LogP contribution in [0.2, 0.25) is 0 Å². The van der Waals surface area contributed by atoms with Gasteiger partial charge in [0.2, 0.25) is 5.75 Å². The van der Waals surface area contributed by atoms with Crippen LogP contribution < -0.4 is 14.2 Å². The van der Waals surface area contributed by atoms with Crippen molar-refractivity contribution in [1.82, 2.24) is 9.88 Å². The number of aliphatic hydroxyl groups is 1. The summed E-state index contributed by atoms with van der Waals surface area (Å²) in [4.78, 5) is 32.6. The van der Waals surface area contributed by atoms with Crippen LogP contribution in [-0.2, 0) is 20.7 Å². The summed E-state index contributed by atoms with van der Waals surface area (Å²) in [7, 11) is 5.75. The number of esters is 2. The number of nitrogens with one attached hydrogen (secondary N) is 1. The van der Waals surface area contributed by atoms with Crippen LogP contribution in [0.1, 0.15) is 40.5 Å². The van der Waals surface area contributed by atoms with Gasteiger partial charge in [-0.15, -0.1) is 0 Å². The molecule has 1 saturated heterocycles. The lowest BCUT2D eigenvalue weighted by Gasteiger charge is -2.52. The van der Waals surface area contributed by atoms with Crippen LogP contribution in [0.4, 0.5) is 0 Å². The average Bonchev–Trinajstić information content (AvgIpc) is 3.38. The molecule has 3 heterocycles. The number of hydrogen-bond acceptors (Lipinski definition) is 9. The van der Waals surface area contributed by atoms with Crippen molar-refractivity contribution in [2.45, 2.75) is 37.5 Å². The molecule has 6 atom stereocenters. The molecule has 2 aromatic carbocycles. The van der Waals surface area contributed by atoms with Crippen molar-refractivity contribution in [3.63, 3.8) is 0 Å². The first-order valence-corrected chi connectivity index (χ1v) is 14.0. The number of methoxy groups -OCH3 is 4. The van der Waals surface area contributed by atoms with Gasteiger partial charge in [-0.05, 0) is 54.9 Å². The third-order valence-electron chi connectivity index (χ3n) is 9.22. The highest BCUT2D eigenvalue weighted by Crippen LogP contribution is 2.50. The van der Waals surface area contributed by atoms with Gasteiger partial charge in [0.05, 0.1) is 46.0 Å². The number of H-pyrrole nitrogens is 1. The molecule has 0 spiro atoms. The zero-order valence-electron chi connectivity index (χ0n) is 23.7. The molecule has 2 aliphatic heterocycles. The Bertz CT molecular complexity index is 1440. The maximum absolute atomic E-state index is 13.3. The standard InChI is InChI=1S/C31H36N2O8/c1-37-24-11-16(12-25(38-2)29(24)39-3)30(35)41-23-13-17-15-33-10-9-19-18-7-5-6-8-21(18)32-27(19)22(33)14-20(17)26(28(23)34)31(36)40-4/h5-8,11-12,17,20,22-23,26,28,32,34H,9-10,13-15H2,1-4H3/t17-,20+,22-,23-,26+,28+/m1/s1. The number of rotatable bonds is 6. The van der Waals surface area contributed by atoms with Crippen LogP contribution in [0.25, 0.3) is 10.9 Å². The molecule has 218 valence electrons. The zero-order valence-corrected chi connectivity index (χ0v) is 23.7. The number of aromatic amines is 1. The van der Waals surface area contributed by atoms with Gasteiger partial charge in [0.15, 0.2) is 11.5 Å². The van der Waals surface area contributed by atoms with Crippen molar-refractivity contribution in [3.05, 3.63) is 53.2 Å². The van der Waals surface area contributed by atoms with Gasteiger partial charge in [-0.2, -0.15) is 0 Å². The van der Waals surface area contributed by atoms with Crippen LogP contribution in [0.5, 0.6) is 17.2 Å². The molecular weight excluding hydrogens is 528 g/mol. The number of aromatic nitrogens is 1. The second-order valence-electron chi connectivity index (χ2n) is 11.1. The molecule has 1 aromatic heterocycles. The van der Waals surface area contributed by atoms with Crippen molar-refractivity contribution in [2.24, 2.45) is 17.8 Å². The van der Waals surface area contributed by atoms with E-state index in [0.29, 0.717) is 30.1 Å². The van der Waals surface area contributed by atoms with Crippen LogP contribution in [0.3, 0.4) is 0 Å². The molecule has 1 aliphatic carbocycles. The quantitative estimate of drug-likeness (QED) is 0.434. The molecule has 10 nitrogen and oxygen atoms in total. The molecule has 3 aromatic rings. The van der Waals surface area contributed by atoms with Crippen molar-refractivity contribution in [3.8, 4) is 17.2 Å². The Kier molecular flexibility index (Phi) is 7.29. The number of piperidine rings is 1. The van der Waals surface area contributed by atoms with Gasteiger partial charge >= 0.3 is 11.9 Å². The molecule has 0 unspecified atom stereocenters. The zero-order chi connectivity index (χ0) is 28.8. The van der Waals surface area contributed by atoms with Crippen LogP contribution >= 0.6 is 0 Å². The van der Waals surface area contributed by atoms with Gasteiger partial charge in [-0.25, -0.2) is 4.79 Å². The largest absolute Gasteiger partial charge is 0.493 e. The van der Waals surface area contributed by atoms with Crippen molar-refractivity contribution >= 4 is 22.8 Å². The summed E-state index contributed by atoms with van der Waals surface area (Å²) in [5.41, 5.74) is 3.84. The summed E-state index contributed by atoms with van der Waals surface area (Å²) in [5.74, 6) is -1.03. The second-order valence-corrected chi connectivity index (χ2v) is 11.1. The predicted octanol–water partition coefficient (Wildman–Crippen LogP) is 3.51. The number of aliphatic hydroxyl groups excluding tert-OH is 1. The second kappa shape index (κ2) is 10.9. The van der Waals surface area contributed by atoms with E-state index in [4.69, 9.17) is 23.7 Å². The molecule has 2 fully saturated rings. The van der Waals surface area contributed by atoms with E-state index in [1.165, 1.54) is 57.2 Å². The van der Waals surface area contributed by atoms with E-state index in [1.54, 1.807) is 0 Å². The van der Waals surface area contributed by atoms with Gasteiger partial charge in [0, 0.05) is 29.7 Å². The number of ether oxygens (including phenoxy) is 5. The Morgan fingerprint density at radius 3 is 2.41 bits per heavy atom. The Morgan fingerprint density at radius 2 is 1.73 bits per heavy atom. The van der Waals surface area contributed by atoms with E-state index in [0.717, 1.165) is 25.0 Å². The molecule has 2 N–H and O–H groups in total. The number of nitrogens with zero attached hydrogens (tertiary/aromatic N) is 1. The number of fused-ring (bicyclic) bond motifs is 6. The summed E-state index contributed by atoms with van der Waals surface area (Å²) >= 11 is 0. The number of carbonyl (C=O) groups excluding carboxylic acids is 2. The fourth-order valence-electron chi connectivity index (χ4n) is 7.32. The lowest BCUT2D eigenvalue weighted by atomic mass is 9.64. The van der Waals surface area contributed by atoms with E-state index in [9.17, 15) is 14.7 Å². The van der Waals surface area contributed by atoms with E-state index >= 15 is 0 Å². The van der Waals surface area contributed by atoms with Crippen LogP contribution in [0.15, 0.2) is 36.4 Å². The minimum absolute atomic E-state index is 0.0439. The summed E-state index contributed by atoms with van der Waals surface area (Å²) < 4.78 is 27.2. The van der Waals surface area contributed by atoms with Crippen LogP contribution in [0, 0.1) is 17.8 Å². The van der Waals surface area contributed by atoms with Gasteiger partial charge in [0.25, 0.3) is 0 Å². The average molecular weight is 565 g/mol. The number of carbonyl (C=O) groups is 2. The fraction of sp³-hybridized carbons (Fsp3) is 0.484. The SMILES string of the molecule is COC(=O)[C@@H]1[C@@H](O)[C@H](OC(=O)c2cc(OC)c(OC)c(OC)c2)C[C@@H]2CN3CCc4c([nH]c5ccccc45)[C@H]3C[C@@H]21. The molecule has 10 heteroatoms. The molecule has 3 aliphatic rings. The summed E-state index contributed by atoms with van der Waals surface area (Å²) in [6.07, 6.45) is 0.00659. The van der Waals surface area contributed by atoms with E-state index in [1.807, 2.05) is 6.07 Å². The maximum atomic E-state index is 13.3. The normalized spacial score (nSPS) is 27.2. The first-order chi connectivity index (χ1) is 19.9. The molecule has 0 radical (unpaired) electrons. The van der Waals surface area contributed by atoms with Gasteiger partial charge < -0.3 is 33.8 Å². The number of hydrogen-bond donors (Lipinski definition) is 2. The topological polar surface area (TPSA) is 120 Å². The summed E-state index contributed by atoms with van der Waals surface area (Å²) in [5, 5.41) is 12.7. The van der Waals surface area contributed by atoms with E-state index in [2.05, 4.69) is 28.1 Å². The molecule has 6 rings (SSSR count). The minimum Gasteiger partial charge on any atom is -0.493 e. The Balaban J connectivity index is 1.27.